The van der Waals surface area contributed by atoms with Gasteiger partial charge < -0.3 is 16.5 Å². The molecule has 0 saturated carbocycles. The Balaban J connectivity index is 3.63. The van der Waals surface area contributed by atoms with E-state index in [1.807, 2.05) is 0 Å². The van der Waals surface area contributed by atoms with Gasteiger partial charge in [-0.2, -0.15) is 0 Å². The Morgan fingerprint density at radius 1 is 1.78 bits per heavy atom. The van der Waals surface area contributed by atoms with Gasteiger partial charge in [-0.1, -0.05) is 0 Å². The van der Waals surface area contributed by atoms with Crippen LogP contribution in [0.15, 0.2) is 12.3 Å². The summed E-state index contributed by atoms with van der Waals surface area (Å²) in [5.74, 6) is 0. The molecule has 3 heteroatoms. The zero-order chi connectivity index (χ0) is 7.28. The van der Waals surface area contributed by atoms with Gasteiger partial charge in [-0.15, -0.1) is 0 Å². The smallest absolute Gasteiger partial charge is 0.0492 e. The third-order valence-corrected chi connectivity index (χ3v) is 0.920. The second-order valence-electron chi connectivity index (χ2n) is 1.87. The van der Waals surface area contributed by atoms with Crippen LogP contribution in [0.5, 0.6) is 0 Å². The molecule has 0 saturated heterocycles. The van der Waals surface area contributed by atoms with E-state index in [1.54, 1.807) is 26.2 Å². The van der Waals surface area contributed by atoms with Crippen molar-refractivity contribution in [3.8, 4) is 0 Å². The van der Waals surface area contributed by atoms with Gasteiger partial charge in [0, 0.05) is 18.8 Å². The molecule has 0 spiro atoms. The Labute approximate surface area is 55.4 Å². The van der Waals surface area contributed by atoms with Gasteiger partial charge in [0.25, 0.3) is 0 Å². The molecule has 4 N–H and O–H groups in total. The van der Waals surface area contributed by atoms with Gasteiger partial charge in [-0.05, 0) is 19.2 Å². The van der Waals surface area contributed by atoms with Gasteiger partial charge in [0.1, 0.15) is 0 Å². The monoisotopic (exact) mass is 127 g/mol. The Bertz CT molecular complexity index is 115. The van der Waals surface area contributed by atoms with E-state index in [4.69, 9.17) is 11.1 Å². The fourth-order valence-corrected chi connectivity index (χ4v) is 0.325. The molecule has 0 aliphatic heterocycles. The Morgan fingerprint density at radius 3 is 2.67 bits per heavy atom. The van der Waals surface area contributed by atoms with Crippen molar-refractivity contribution in [2.45, 2.75) is 13.0 Å². The van der Waals surface area contributed by atoms with Crippen LogP contribution in [-0.4, -0.2) is 18.8 Å². The summed E-state index contributed by atoms with van der Waals surface area (Å²) in [6, 6.07) is -0.172. The second-order valence-corrected chi connectivity index (χ2v) is 1.87. The maximum absolute atomic E-state index is 7.19. The molecule has 0 aromatic heterocycles. The average Bonchev–Trinajstić information content (AvgIpc) is 1.82. The van der Waals surface area contributed by atoms with Gasteiger partial charge in [-0.25, -0.2) is 0 Å². The first-order valence-electron chi connectivity index (χ1n) is 2.86. The van der Waals surface area contributed by atoms with Crippen molar-refractivity contribution < 1.29 is 0 Å². The molecule has 0 aliphatic rings. The normalized spacial score (nSPS) is 13.7. The topological polar surface area (TPSA) is 61.9 Å². The van der Waals surface area contributed by atoms with Crippen molar-refractivity contribution in [3.05, 3.63) is 12.3 Å². The molecule has 0 amide bonds. The van der Waals surface area contributed by atoms with Crippen LogP contribution in [0.2, 0.25) is 0 Å². The van der Waals surface area contributed by atoms with E-state index in [1.165, 1.54) is 0 Å². The first-order chi connectivity index (χ1) is 4.18. The van der Waals surface area contributed by atoms with Crippen LogP contribution in [0, 0.1) is 5.41 Å². The lowest BCUT2D eigenvalue weighted by molar-refractivity contribution is 0.967. The van der Waals surface area contributed by atoms with Crippen molar-refractivity contribution in [2.24, 2.45) is 5.73 Å². The van der Waals surface area contributed by atoms with Crippen LogP contribution in [0.1, 0.15) is 6.92 Å². The molecule has 0 bridgehead atoms. The van der Waals surface area contributed by atoms with Crippen molar-refractivity contribution >= 4 is 5.71 Å². The zero-order valence-electron chi connectivity index (χ0n) is 5.81. The molecule has 0 heterocycles. The number of rotatable bonds is 3. The highest BCUT2D eigenvalue weighted by Crippen LogP contribution is 1.80. The summed E-state index contributed by atoms with van der Waals surface area (Å²) in [6.07, 6.45) is 3.33. The molecule has 0 radical (unpaired) electrons. The van der Waals surface area contributed by atoms with Gasteiger partial charge in [0.2, 0.25) is 0 Å². The second kappa shape index (κ2) is 4.09. The first-order valence-corrected chi connectivity index (χ1v) is 2.86. The van der Waals surface area contributed by atoms with E-state index in [-0.39, 0.29) is 6.04 Å². The number of nitrogens with two attached hydrogens (primary N) is 1. The molecule has 0 aromatic carbocycles. The summed E-state index contributed by atoms with van der Waals surface area (Å²) in [5.41, 5.74) is 5.81. The number of nitrogens with one attached hydrogen (secondary N) is 2. The standard InChI is InChI=1S/C6H13N3/c1-5(7)6(8)3-4-9-2/h3-5,8-9H,7H2,1-2H3/b4-3-,8-6?/t5-/m1/s1. The number of hydrogen-bond acceptors (Lipinski definition) is 3. The molecular weight excluding hydrogens is 114 g/mol. The highest BCUT2D eigenvalue weighted by Gasteiger charge is 1.95. The molecule has 0 fully saturated rings. The maximum atomic E-state index is 7.19. The molecule has 0 rings (SSSR count). The van der Waals surface area contributed by atoms with Crippen LogP contribution >= 0.6 is 0 Å². The third-order valence-electron chi connectivity index (χ3n) is 0.920. The lowest BCUT2D eigenvalue weighted by Crippen LogP contribution is -2.24. The largest absolute Gasteiger partial charge is 0.394 e. The third kappa shape index (κ3) is 3.73. The molecular formula is C6H13N3. The van der Waals surface area contributed by atoms with Crippen LogP contribution in [-0.2, 0) is 0 Å². The van der Waals surface area contributed by atoms with Crippen molar-refractivity contribution in [2.75, 3.05) is 7.05 Å². The van der Waals surface area contributed by atoms with E-state index in [2.05, 4.69) is 5.32 Å². The minimum Gasteiger partial charge on any atom is -0.394 e. The molecule has 0 unspecified atom stereocenters. The highest BCUT2D eigenvalue weighted by atomic mass is 14.8. The fourth-order valence-electron chi connectivity index (χ4n) is 0.325. The van der Waals surface area contributed by atoms with Crippen LogP contribution in [0.3, 0.4) is 0 Å². The van der Waals surface area contributed by atoms with E-state index in [9.17, 15) is 0 Å². The summed E-state index contributed by atoms with van der Waals surface area (Å²) < 4.78 is 0. The summed E-state index contributed by atoms with van der Waals surface area (Å²) in [7, 11) is 1.78. The van der Waals surface area contributed by atoms with E-state index < -0.39 is 0 Å². The van der Waals surface area contributed by atoms with Crippen LogP contribution in [0.25, 0.3) is 0 Å². The predicted molar refractivity (Wildman–Crippen MR) is 39.6 cm³/mol. The van der Waals surface area contributed by atoms with E-state index in [0.29, 0.717) is 5.71 Å². The van der Waals surface area contributed by atoms with E-state index >= 15 is 0 Å². The van der Waals surface area contributed by atoms with Gasteiger partial charge >= 0.3 is 0 Å². The summed E-state index contributed by atoms with van der Waals surface area (Å²) in [5, 5.41) is 9.97. The number of hydrogen-bond donors (Lipinski definition) is 3. The molecule has 52 valence electrons. The highest BCUT2D eigenvalue weighted by molar-refractivity contribution is 5.96. The Hall–Kier alpha value is -0.830. The SMILES string of the molecule is CN/C=C\C(=N)[C@@H](C)N. The predicted octanol–water partition coefficient (Wildman–Crippen LogP) is 0.0865. The lowest BCUT2D eigenvalue weighted by Gasteiger charge is -1.99. The van der Waals surface area contributed by atoms with Gasteiger partial charge in [0.05, 0.1) is 0 Å². The van der Waals surface area contributed by atoms with Crippen molar-refractivity contribution in [3.63, 3.8) is 0 Å². The molecule has 1 atom stereocenters. The van der Waals surface area contributed by atoms with Crippen molar-refractivity contribution in [1.29, 1.82) is 5.41 Å². The molecule has 3 nitrogen and oxygen atoms in total. The van der Waals surface area contributed by atoms with Gasteiger partial charge in [-0.3, -0.25) is 0 Å². The van der Waals surface area contributed by atoms with Crippen LogP contribution in [0.4, 0.5) is 0 Å². The molecule has 0 aromatic rings. The quantitative estimate of drug-likeness (QED) is 0.470. The molecule has 0 aliphatic carbocycles. The average molecular weight is 127 g/mol. The molecule has 9 heavy (non-hydrogen) atoms. The summed E-state index contributed by atoms with van der Waals surface area (Å²) in [4.78, 5) is 0. The minimum absolute atomic E-state index is 0.172. The fraction of sp³-hybridized carbons (Fsp3) is 0.500. The van der Waals surface area contributed by atoms with Crippen molar-refractivity contribution in [1.82, 2.24) is 5.32 Å². The first kappa shape index (κ1) is 8.17. The van der Waals surface area contributed by atoms with Crippen LogP contribution < -0.4 is 11.1 Å². The Morgan fingerprint density at radius 2 is 2.33 bits per heavy atom. The zero-order valence-corrected chi connectivity index (χ0v) is 5.81. The maximum Gasteiger partial charge on any atom is 0.0492 e. The lowest BCUT2D eigenvalue weighted by atomic mass is 10.2. The van der Waals surface area contributed by atoms with E-state index in [0.717, 1.165) is 0 Å². The van der Waals surface area contributed by atoms with Gasteiger partial charge in [0.15, 0.2) is 0 Å². The summed E-state index contributed by atoms with van der Waals surface area (Å²) >= 11 is 0. The minimum atomic E-state index is -0.172. The Kier molecular flexibility index (Phi) is 3.71. The summed E-state index contributed by atoms with van der Waals surface area (Å²) in [6.45, 7) is 1.78.